The second-order valence-electron chi connectivity index (χ2n) is 5.65. The van der Waals surface area contributed by atoms with Gasteiger partial charge in [-0.25, -0.2) is 8.42 Å². The third-order valence-corrected chi connectivity index (χ3v) is 5.48. The van der Waals surface area contributed by atoms with Crippen molar-refractivity contribution in [2.24, 2.45) is 0 Å². The maximum absolute atomic E-state index is 11.6. The number of fused-ring (bicyclic) bond motifs is 2. The quantitative estimate of drug-likeness (QED) is 0.916. The summed E-state index contributed by atoms with van der Waals surface area (Å²) in [5.74, 6) is 0.438. The number of nitrogens with one attached hydrogen (secondary N) is 1. The molecule has 5 heteroatoms. The number of allylic oxidation sites excluding steroid dienone is 1. The predicted molar refractivity (Wildman–Crippen MR) is 81.0 cm³/mol. The minimum Gasteiger partial charge on any atom is -0.307 e. The Kier molecular flexibility index (Phi) is 3.44. The smallest absolute Gasteiger partial charge is 0.211 e. The van der Waals surface area contributed by atoms with Gasteiger partial charge in [-0.1, -0.05) is 36.4 Å². The van der Waals surface area contributed by atoms with Crippen LogP contribution in [0.25, 0.3) is 6.08 Å². The summed E-state index contributed by atoms with van der Waals surface area (Å²) in [6.07, 6.45) is 5.40. The van der Waals surface area contributed by atoms with Gasteiger partial charge >= 0.3 is 0 Å². The lowest BCUT2D eigenvalue weighted by Crippen LogP contribution is -2.72. The van der Waals surface area contributed by atoms with E-state index in [4.69, 9.17) is 0 Å². The molecule has 0 radical (unpaired) electrons. The van der Waals surface area contributed by atoms with E-state index in [0.717, 1.165) is 0 Å². The second-order valence-corrected chi connectivity index (χ2v) is 7.63. The maximum atomic E-state index is 11.6. The van der Waals surface area contributed by atoms with E-state index in [2.05, 4.69) is 35.7 Å². The fourth-order valence-electron chi connectivity index (χ4n) is 3.25. The van der Waals surface area contributed by atoms with Gasteiger partial charge in [0.05, 0.1) is 6.26 Å². The molecule has 3 atom stereocenters. The number of piperazine rings is 1. The summed E-state index contributed by atoms with van der Waals surface area (Å²) in [5, 5.41) is 3.45. The first-order valence-electron chi connectivity index (χ1n) is 6.93. The standard InChI is InChI=1S/C15H20N2O2S/c1-3-4-11-5-7-12(8-6-11)15-13-9-17(20(2,18)19)10-14(15)16-13/h3-8,13-16H,9-10H2,1-2H3/b4-3+/t13-,14+,15?. The van der Waals surface area contributed by atoms with Gasteiger partial charge in [0.25, 0.3) is 0 Å². The Hall–Kier alpha value is -1.17. The lowest BCUT2D eigenvalue weighted by atomic mass is 9.75. The number of hydrogen-bond donors (Lipinski definition) is 1. The fourth-order valence-corrected chi connectivity index (χ4v) is 4.11. The number of nitrogens with zero attached hydrogens (tertiary/aromatic N) is 1. The van der Waals surface area contributed by atoms with Crippen molar-refractivity contribution in [3.63, 3.8) is 0 Å². The van der Waals surface area contributed by atoms with Crippen LogP contribution in [0.1, 0.15) is 24.0 Å². The molecule has 1 aromatic carbocycles. The van der Waals surface area contributed by atoms with E-state index in [1.54, 1.807) is 4.31 Å². The average Bonchev–Trinajstić information content (AvgIpc) is 2.40. The van der Waals surface area contributed by atoms with Gasteiger partial charge in [0.2, 0.25) is 10.0 Å². The van der Waals surface area contributed by atoms with E-state index in [0.29, 0.717) is 19.0 Å². The molecule has 108 valence electrons. The molecule has 2 heterocycles. The van der Waals surface area contributed by atoms with Gasteiger partial charge in [-0.3, -0.25) is 0 Å². The number of benzene rings is 1. The molecule has 1 aromatic rings. The third kappa shape index (κ3) is 2.41. The molecule has 2 aliphatic heterocycles. The topological polar surface area (TPSA) is 49.4 Å². The largest absolute Gasteiger partial charge is 0.307 e. The summed E-state index contributed by atoms with van der Waals surface area (Å²) < 4.78 is 24.8. The van der Waals surface area contributed by atoms with Crippen LogP contribution in [0.3, 0.4) is 0 Å². The molecule has 0 aliphatic carbocycles. The molecule has 3 rings (SSSR count). The summed E-state index contributed by atoms with van der Waals surface area (Å²) in [5.41, 5.74) is 2.51. The molecule has 2 bridgehead atoms. The molecule has 4 nitrogen and oxygen atoms in total. The number of hydrogen-bond acceptors (Lipinski definition) is 3. The summed E-state index contributed by atoms with van der Waals surface area (Å²) in [7, 11) is -3.06. The van der Waals surface area contributed by atoms with E-state index >= 15 is 0 Å². The van der Waals surface area contributed by atoms with Crippen LogP contribution in [0.4, 0.5) is 0 Å². The zero-order chi connectivity index (χ0) is 14.3. The zero-order valence-corrected chi connectivity index (χ0v) is 12.6. The van der Waals surface area contributed by atoms with Gasteiger partial charge in [-0.05, 0) is 18.1 Å². The van der Waals surface area contributed by atoms with Crippen LogP contribution in [0.5, 0.6) is 0 Å². The Labute approximate surface area is 120 Å². The van der Waals surface area contributed by atoms with Crippen LogP contribution in [0, 0.1) is 0 Å². The maximum Gasteiger partial charge on any atom is 0.211 e. The van der Waals surface area contributed by atoms with Gasteiger partial charge < -0.3 is 5.32 Å². The van der Waals surface area contributed by atoms with Crippen molar-refractivity contribution >= 4 is 16.1 Å². The predicted octanol–water partition coefficient (Wildman–Crippen LogP) is 1.42. The Balaban J connectivity index is 1.75. The molecule has 0 aromatic heterocycles. The summed E-state index contributed by atoms with van der Waals surface area (Å²) in [4.78, 5) is 0. The SMILES string of the molecule is C/C=C/c1ccc(C2[C@@H]3CN(S(C)(=O)=O)C[C@H]2N3)cc1. The minimum atomic E-state index is -3.06. The Morgan fingerprint density at radius 2 is 1.80 bits per heavy atom. The van der Waals surface area contributed by atoms with Crippen LogP contribution in [-0.2, 0) is 10.0 Å². The van der Waals surface area contributed by atoms with E-state index in [9.17, 15) is 8.42 Å². The molecular formula is C15H20N2O2S. The molecule has 0 spiro atoms. The minimum absolute atomic E-state index is 0.246. The first-order chi connectivity index (χ1) is 9.49. The van der Waals surface area contributed by atoms with Crippen molar-refractivity contribution in [2.45, 2.75) is 24.9 Å². The van der Waals surface area contributed by atoms with Crippen LogP contribution in [-0.4, -0.2) is 44.2 Å². The number of rotatable bonds is 3. The number of sulfonamides is 1. The second kappa shape index (κ2) is 4.98. The lowest BCUT2D eigenvalue weighted by molar-refractivity contribution is 0.102. The van der Waals surface area contributed by atoms with Crippen LogP contribution < -0.4 is 5.32 Å². The van der Waals surface area contributed by atoms with Crippen molar-refractivity contribution < 1.29 is 8.42 Å². The summed E-state index contributed by atoms with van der Waals surface area (Å²) in [6.45, 7) is 3.17. The normalized spacial score (nSPS) is 30.4. The van der Waals surface area contributed by atoms with Gasteiger partial charge in [-0.2, -0.15) is 4.31 Å². The van der Waals surface area contributed by atoms with Crippen molar-refractivity contribution in [3.05, 3.63) is 41.5 Å². The average molecular weight is 292 g/mol. The van der Waals surface area contributed by atoms with Crippen molar-refractivity contribution in [2.75, 3.05) is 19.3 Å². The monoisotopic (exact) mass is 292 g/mol. The third-order valence-electron chi connectivity index (χ3n) is 4.25. The Morgan fingerprint density at radius 1 is 1.20 bits per heavy atom. The van der Waals surface area contributed by atoms with Gasteiger partial charge in [0.1, 0.15) is 0 Å². The van der Waals surface area contributed by atoms with Gasteiger partial charge in [0, 0.05) is 31.1 Å². The van der Waals surface area contributed by atoms with Gasteiger partial charge in [-0.15, -0.1) is 0 Å². The highest BCUT2D eigenvalue weighted by Crippen LogP contribution is 2.37. The first kappa shape index (κ1) is 13.8. The van der Waals surface area contributed by atoms with E-state index < -0.39 is 10.0 Å². The molecule has 20 heavy (non-hydrogen) atoms. The van der Waals surface area contributed by atoms with Crippen LogP contribution >= 0.6 is 0 Å². The highest BCUT2D eigenvalue weighted by Gasteiger charge is 2.48. The highest BCUT2D eigenvalue weighted by molar-refractivity contribution is 7.88. The molecule has 1 unspecified atom stereocenters. The Bertz CT molecular complexity index is 610. The molecule has 1 N–H and O–H groups in total. The first-order valence-corrected chi connectivity index (χ1v) is 8.77. The Morgan fingerprint density at radius 3 is 2.30 bits per heavy atom. The lowest BCUT2D eigenvalue weighted by Gasteiger charge is -2.54. The summed E-state index contributed by atoms with van der Waals surface area (Å²) in [6, 6.07) is 9.07. The van der Waals surface area contributed by atoms with Gasteiger partial charge in [0.15, 0.2) is 0 Å². The van der Waals surface area contributed by atoms with E-state index in [1.165, 1.54) is 17.4 Å². The molecule has 2 saturated heterocycles. The van der Waals surface area contributed by atoms with Crippen LogP contribution in [0.15, 0.2) is 30.3 Å². The fraction of sp³-hybridized carbons (Fsp3) is 0.467. The zero-order valence-electron chi connectivity index (χ0n) is 11.8. The van der Waals surface area contributed by atoms with Crippen LogP contribution in [0.2, 0.25) is 0 Å². The number of piperidine rings is 1. The molecule has 2 fully saturated rings. The molecular weight excluding hydrogens is 272 g/mol. The summed E-state index contributed by atoms with van der Waals surface area (Å²) >= 11 is 0. The van der Waals surface area contributed by atoms with E-state index in [1.807, 2.05) is 13.0 Å². The van der Waals surface area contributed by atoms with Crippen molar-refractivity contribution in [3.8, 4) is 0 Å². The highest BCUT2D eigenvalue weighted by atomic mass is 32.2. The van der Waals surface area contributed by atoms with E-state index in [-0.39, 0.29) is 12.1 Å². The molecule has 2 aliphatic rings. The van der Waals surface area contributed by atoms with Crippen molar-refractivity contribution in [1.82, 2.24) is 9.62 Å². The molecule has 0 amide bonds. The van der Waals surface area contributed by atoms with Crippen molar-refractivity contribution in [1.29, 1.82) is 0 Å². The molecule has 0 saturated carbocycles.